The van der Waals surface area contributed by atoms with Crippen molar-refractivity contribution in [1.82, 2.24) is 9.88 Å². The van der Waals surface area contributed by atoms with Crippen LogP contribution in [0.2, 0.25) is 0 Å². The van der Waals surface area contributed by atoms with E-state index in [1.807, 2.05) is 13.8 Å². The van der Waals surface area contributed by atoms with E-state index in [0.717, 1.165) is 30.5 Å². The maximum Gasteiger partial charge on any atom is 0.433 e. The molecular formula is C23H23F6N3O2. The second kappa shape index (κ2) is 9.63. The van der Waals surface area contributed by atoms with Crippen LogP contribution in [0.3, 0.4) is 0 Å². The summed E-state index contributed by atoms with van der Waals surface area (Å²) in [6.45, 7) is 3.68. The van der Waals surface area contributed by atoms with Crippen molar-refractivity contribution in [2.75, 3.05) is 18.0 Å². The molecule has 1 saturated heterocycles. The Balaban J connectivity index is 1.76. The number of ketones is 1. The van der Waals surface area contributed by atoms with Crippen LogP contribution in [-0.4, -0.2) is 40.8 Å². The van der Waals surface area contributed by atoms with E-state index in [2.05, 4.69) is 4.98 Å². The molecule has 2 heterocycles. The van der Waals surface area contributed by atoms with Crippen LogP contribution in [0.15, 0.2) is 42.6 Å². The quantitative estimate of drug-likeness (QED) is 0.479. The number of hydrogen-bond donors (Lipinski definition) is 0. The van der Waals surface area contributed by atoms with Crippen molar-refractivity contribution < 1.29 is 35.9 Å². The van der Waals surface area contributed by atoms with E-state index in [1.54, 1.807) is 0 Å². The lowest BCUT2D eigenvalue weighted by Gasteiger charge is -2.23. The van der Waals surface area contributed by atoms with E-state index in [1.165, 1.54) is 21.9 Å². The Morgan fingerprint density at radius 1 is 1.09 bits per heavy atom. The molecule has 1 aromatic heterocycles. The molecular weight excluding hydrogens is 464 g/mol. The summed E-state index contributed by atoms with van der Waals surface area (Å²) >= 11 is 0. The number of anilines is 1. The van der Waals surface area contributed by atoms with E-state index in [0.29, 0.717) is 6.42 Å². The molecule has 5 nitrogen and oxygen atoms in total. The average molecular weight is 487 g/mol. The van der Waals surface area contributed by atoms with Gasteiger partial charge < -0.3 is 4.90 Å². The number of alkyl halides is 6. The van der Waals surface area contributed by atoms with Gasteiger partial charge in [-0.25, -0.2) is 9.78 Å². The fourth-order valence-corrected chi connectivity index (χ4v) is 3.90. The van der Waals surface area contributed by atoms with Gasteiger partial charge in [-0.15, -0.1) is 0 Å². The first kappa shape index (κ1) is 25.5. The molecule has 1 atom stereocenters. The minimum Gasteiger partial charge on any atom is -0.312 e. The standard InChI is InChI=1S/C23H23F6N3O2/c1-14(2)8-18-12-31(17-6-7-20(30-11-17)23(27,28)29)21(34)32(18)13-19(33)10-15-4-3-5-16(9-15)22(24,25)26/h3-7,9,11,14,18H,8,10,12-13H2,1-2H3/t18-/m0/s1. The Bertz CT molecular complexity index is 1030. The molecule has 0 bridgehead atoms. The summed E-state index contributed by atoms with van der Waals surface area (Å²) in [5, 5.41) is 0. The maximum atomic E-state index is 13.1. The van der Waals surface area contributed by atoms with Gasteiger partial charge in [0.05, 0.1) is 30.0 Å². The van der Waals surface area contributed by atoms with Gasteiger partial charge in [0.1, 0.15) is 5.69 Å². The molecule has 0 spiro atoms. The number of hydrogen-bond acceptors (Lipinski definition) is 3. The fraction of sp³-hybridized carbons (Fsp3) is 0.435. The van der Waals surface area contributed by atoms with Crippen LogP contribution in [0.4, 0.5) is 36.8 Å². The van der Waals surface area contributed by atoms with E-state index >= 15 is 0 Å². The van der Waals surface area contributed by atoms with Crippen molar-refractivity contribution in [3.8, 4) is 0 Å². The van der Waals surface area contributed by atoms with Crippen molar-refractivity contribution >= 4 is 17.5 Å². The normalized spacial score (nSPS) is 17.1. The number of halogens is 6. The minimum atomic E-state index is -4.62. The minimum absolute atomic E-state index is 0.154. The number of carbonyl (C=O) groups is 2. The molecule has 1 aliphatic heterocycles. The van der Waals surface area contributed by atoms with Gasteiger partial charge in [-0.1, -0.05) is 32.0 Å². The molecule has 2 aromatic rings. The molecule has 3 rings (SSSR count). The molecule has 0 saturated carbocycles. The van der Waals surface area contributed by atoms with Crippen molar-refractivity contribution in [1.29, 1.82) is 0 Å². The van der Waals surface area contributed by atoms with Gasteiger partial charge in [0.15, 0.2) is 5.78 Å². The zero-order chi connectivity index (χ0) is 25.3. The number of urea groups is 1. The smallest absolute Gasteiger partial charge is 0.312 e. The third kappa shape index (κ3) is 6.06. The SMILES string of the molecule is CC(C)C[C@H]1CN(c2ccc(C(F)(F)F)nc2)C(=O)N1CC(=O)Cc1cccc(C(F)(F)F)c1. The molecule has 0 aliphatic carbocycles. The molecule has 34 heavy (non-hydrogen) atoms. The van der Waals surface area contributed by atoms with E-state index in [4.69, 9.17) is 0 Å². The van der Waals surface area contributed by atoms with Crippen molar-refractivity contribution in [2.45, 2.75) is 45.1 Å². The van der Waals surface area contributed by atoms with Crippen LogP contribution in [0.5, 0.6) is 0 Å². The van der Waals surface area contributed by atoms with Gasteiger partial charge >= 0.3 is 18.4 Å². The second-order valence-corrected chi connectivity index (χ2v) is 8.62. The maximum absolute atomic E-state index is 13.1. The number of pyridine rings is 1. The van der Waals surface area contributed by atoms with Gasteiger partial charge in [0.25, 0.3) is 0 Å². The molecule has 1 aromatic carbocycles. The summed E-state index contributed by atoms with van der Waals surface area (Å²) in [6, 6.07) is 5.40. The number of aromatic nitrogens is 1. The molecule has 11 heteroatoms. The number of carbonyl (C=O) groups excluding carboxylic acids is 2. The highest BCUT2D eigenvalue weighted by Crippen LogP contribution is 2.32. The topological polar surface area (TPSA) is 53.5 Å². The second-order valence-electron chi connectivity index (χ2n) is 8.62. The van der Waals surface area contributed by atoms with Crippen LogP contribution in [0.25, 0.3) is 0 Å². The van der Waals surface area contributed by atoms with E-state index < -0.39 is 35.4 Å². The summed E-state index contributed by atoms with van der Waals surface area (Å²) in [6.07, 6.45) is -7.95. The van der Waals surface area contributed by atoms with Gasteiger partial charge in [0, 0.05) is 13.0 Å². The highest BCUT2D eigenvalue weighted by molar-refractivity contribution is 5.97. The van der Waals surface area contributed by atoms with Gasteiger partial charge in [-0.3, -0.25) is 9.69 Å². The summed E-state index contributed by atoms with van der Waals surface area (Å²) in [5.74, 6) is -0.293. The van der Waals surface area contributed by atoms with E-state index in [9.17, 15) is 35.9 Å². The fourth-order valence-electron chi connectivity index (χ4n) is 3.90. The number of rotatable bonds is 7. The highest BCUT2D eigenvalue weighted by Gasteiger charge is 2.40. The zero-order valence-corrected chi connectivity index (χ0v) is 18.5. The molecule has 2 amide bonds. The van der Waals surface area contributed by atoms with Crippen molar-refractivity contribution in [3.63, 3.8) is 0 Å². The molecule has 0 radical (unpaired) electrons. The number of Topliss-reactive ketones (excluding diaryl/α,β-unsaturated/α-hetero) is 1. The predicted octanol–water partition coefficient (Wildman–Crippen LogP) is 5.59. The highest BCUT2D eigenvalue weighted by atomic mass is 19.4. The first-order valence-corrected chi connectivity index (χ1v) is 10.5. The van der Waals surface area contributed by atoms with Crippen molar-refractivity contribution in [2.24, 2.45) is 5.92 Å². The lowest BCUT2D eigenvalue weighted by atomic mass is 10.0. The Morgan fingerprint density at radius 2 is 1.79 bits per heavy atom. The summed E-state index contributed by atoms with van der Waals surface area (Å²) in [5.41, 5.74) is -1.61. The Hall–Kier alpha value is -3.11. The van der Waals surface area contributed by atoms with Crippen LogP contribution in [0.1, 0.15) is 37.1 Å². The summed E-state index contributed by atoms with van der Waals surface area (Å²) < 4.78 is 77.2. The molecule has 184 valence electrons. The Labute approximate surface area is 192 Å². The van der Waals surface area contributed by atoms with Gasteiger partial charge in [-0.2, -0.15) is 26.3 Å². The first-order chi connectivity index (χ1) is 15.8. The summed E-state index contributed by atoms with van der Waals surface area (Å²) in [4.78, 5) is 31.7. The number of amides is 2. The third-order valence-corrected chi connectivity index (χ3v) is 5.41. The lowest BCUT2D eigenvalue weighted by molar-refractivity contribution is -0.141. The van der Waals surface area contributed by atoms with Crippen molar-refractivity contribution in [3.05, 3.63) is 59.4 Å². The lowest BCUT2D eigenvalue weighted by Crippen LogP contribution is -2.40. The first-order valence-electron chi connectivity index (χ1n) is 10.5. The van der Waals surface area contributed by atoms with Gasteiger partial charge in [-0.05, 0) is 36.1 Å². The van der Waals surface area contributed by atoms with Crippen LogP contribution < -0.4 is 4.90 Å². The van der Waals surface area contributed by atoms with Crippen LogP contribution in [-0.2, 0) is 23.6 Å². The Kier molecular flexibility index (Phi) is 7.23. The Morgan fingerprint density at radius 3 is 2.35 bits per heavy atom. The predicted molar refractivity (Wildman–Crippen MR) is 112 cm³/mol. The molecule has 1 aliphatic rings. The monoisotopic (exact) mass is 487 g/mol. The van der Waals surface area contributed by atoms with Crippen LogP contribution in [0, 0.1) is 5.92 Å². The molecule has 0 N–H and O–H groups in total. The molecule has 0 unspecified atom stereocenters. The number of nitrogens with zero attached hydrogens (tertiary/aromatic N) is 3. The average Bonchev–Trinajstić information content (AvgIpc) is 3.02. The third-order valence-electron chi connectivity index (χ3n) is 5.41. The zero-order valence-electron chi connectivity index (χ0n) is 18.5. The summed E-state index contributed by atoms with van der Waals surface area (Å²) in [7, 11) is 0. The van der Waals surface area contributed by atoms with Crippen LogP contribution >= 0.6 is 0 Å². The van der Waals surface area contributed by atoms with Gasteiger partial charge in [0.2, 0.25) is 0 Å². The van der Waals surface area contributed by atoms with E-state index in [-0.39, 0.29) is 42.7 Å². The number of benzene rings is 1. The molecule has 1 fully saturated rings. The largest absolute Gasteiger partial charge is 0.433 e.